The SMILES string of the molecule is O=C(CCc1ccc(F)cc1)Nc1ccc(OC2CCCC2)cc1. The van der Waals surface area contributed by atoms with Crippen LogP contribution in [0.15, 0.2) is 48.5 Å². The second-order valence-corrected chi connectivity index (χ2v) is 6.22. The molecule has 0 radical (unpaired) electrons. The Morgan fingerprint density at radius 2 is 1.71 bits per heavy atom. The van der Waals surface area contributed by atoms with Gasteiger partial charge in [-0.2, -0.15) is 0 Å². The van der Waals surface area contributed by atoms with Crippen molar-refractivity contribution in [3.63, 3.8) is 0 Å². The number of halogens is 1. The molecular weight excluding hydrogens is 305 g/mol. The second kappa shape index (κ2) is 7.95. The van der Waals surface area contributed by atoms with Gasteiger partial charge in [-0.1, -0.05) is 12.1 Å². The second-order valence-electron chi connectivity index (χ2n) is 6.22. The molecule has 0 aliphatic heterocycles. The van der Waals surface area contributed by atoms with Crippen LogP contribution in [0.25, 0.3) is 0 Å². The molecule has 0 atom stereocenters. The average molecular weight is 327 g/mol. The van der Waals surface area contributed by atoms with Gasteiger partial charge in [0.2, 0.25) is 5.91 Å². The van der Waals surface area contributed by atoms with E-state index in [0.717, 1.165) is 29.8 Å². The van der Waals surface area contributed by atoms with Gasteiger partial charge in [-0.15, -0.1) is 0 Å². The first-order chi connectivity index (χ1) is 11.7. The Morgan fingerprint density at radius 1 is 1.04 bits per heavy atom. The van der Waals surface area contributed by atoms with Gasteiger partial charge in [0.05, 0.1) is 6.10 Å². The molecule has 24 heavy (non-hydrogen) atoms. The molecule has 0 unspecified atom stereocenters. The van der Waals surface area contributed by atoms with Gasteiger partial charge in [-0.05, 0) is 74.1 Å². The molecule has 2 aromatic carbocycles. The van der Waals surface area contributed by atoms with Crippen LogP contribution in [0.3, 0.4) is 0 Å². The van der Waals surface area contributed by atoms with Crippen LogP contribution in [0.1, 0.15) is 37.7 Å². The summed E-state index contributed by atoms with van der Waals surface area (Å²) in [6.07, 6.45) is 6.03. The third-order valence-corrected chi connectivity index (χ3v) is 4.30. The Labute approximate surface area is 141 Å². The van der Waals surface area contributed by atoms with Crippen molar-refractivity contribution in [3.05, 3.63) is 59.9 Å². The van der Waals surface area contributed by atoms with E-state index in [9.17, 15) is 9.18 Å². The number of carbonyl (C=O) groups is 1. The van der Waals surface area contributed by atoms with E-state index in [-0.39, 0.29) is 11.7 Å². The van der Waals surface area contributed by atoms with Gasteiger partial charge in [-0.3, -0.25) is 4.79 Å². The molecule has 126 valence electrons. The molecular formula is C20H22FNO2. The largest absolute Gasteiger partial charge is 0.490 e. The zero-order valence-corrected chi connectivity index (χ0v) is 13.6. The first kappa shape index (κ1) is 16.5. The Hall–Kier alpha value is -2.36. The van der Waals surface area contributed by atoms with E-state index in [1.54, 1.807) is 12.1 Å². The van der Waals surface area contributed by atoms with Crippen molar-refractivity contribution in [2.75, 3.05) is 5.32 Å². The summed E-state index contributed by atoms with van der Waals surface area (Å²) in [5.41, 5.74) is 1.71. The van der Waals surface area contributed by atoms with Gasteiger partial charge >= 0.3 is 0 Å². The van der Waals surface area contributed by atoms with E-state index < -0.39 is 0 Å². The standard InChI is InChI=1S/C20H22FNO2/c21-16-8-5-15(6-9-16)7-14-20(23)22-17-10-12-19(13-11-17)24-18-3-1-2-4-18/h5-6,8-13,18H,1-4,7,14H2,(H,22,23). The van der Waals surface area contributed by atoms with Crippen molar-refractivity contribution in [2.24, 2.45) is 0 Å². The lowest BCUT2D eigenvalue weighted by Crippen LogP contribution is -2.13. The van der Waals surface area contributed by atoms with Crippen molar-refractivity contribution >= 4 is 11.6 Å². The van der Waals surface area contributed by atoms with E-state index in [2.05, 4.69) is 5.32 Å². The predicted octanol–water partition coefficient (Wildman–Crippen LogP) is 4.72. The van der Waals surface area contributed by atoms with Gasteiger partial charge < -0.3 is 10.1 Å². The maximum absolute atomic E-state index is 12.8. The minimum absolute atomic E-state index is 0.0520. The number of hydrogen-bond acceptors (Lipinski definition) is 2. The Kier molecular flexibility index (Phi) is 5.47. The first-order valence-electron chi connectivity index (χ1n) is 8.50. The van der Waals surface area contributed by atoms with Gasteiger partial charge in [-0.25, -0.2) is 4.39 Å². The molecule has 1 fully saturated rings. The van der Waals surface area contributed by atoms with Crippen LogP contribution in [0.4, 0.5) is 10.1 Å². The summed E-state index contributed by atoms with van der Waals surface area (Å²) >= 11 is 0. The molecule has 0 heterocycles. The summed E-state index contributed by atoms with van der Waals surface area (Å²) in [5, 5.41) is 2.88. The molecule has 0 spiro atoms. The zero-order chi connectivity index (χ0) is 16.8. The highest BCUT2D eigenvalue weighted by molar-refractivity contribution is 5.90. The number of aryl methyl sites for hydroxylation is 1. The minimum Gasteiger partial charge on any atom is -0.490 e. The normalized spacial score (nSPS) is 14.5. The molecule has 4 heteroatoms. The highest BCUT2D eigenvalue weighted by atomic mass is 19.1. The molecule has 0 saturated heterocycles. The first-order valence-corrected chi connectivity index (χ1v) is 8.50. The molecule has 1 amide bonds. The number of amides is 1. The number of anilines is 1. The molecule has 1 saturated carbocycles. The van der Waals surface area contributed by atoms with Gasteiger partial charge in [0.15, 0.2) is 0 Å². The maximum Gasteiger partial charge on any atom is 0.224 e. The fraction of sp³-hybridized carbons (Fsp3) is 0.350. The Morgan fingerprint density at radius 3 is 2.38 bits per heavy atom. The number of benzene rings is 2. The molecule has 1 aliphatic rings. The quantitative estimate of drug-likeness (QED) is 0.834. The summed E-state index contributed by atoms with van der Waals surface area (Å²) in [7, 11) is 0. The van der Waals surface area contributed by atoms with Gasteiger partial charge in [0.1, 0.15) is 11.6 Å². The van der Waals surface area contributed by atoms with E-state index in [1.807, 2.05) is 24.3 Å². The summed E-state index contributed by atoms with van der Waals surface area (Å²) in [4.78, 5) is 12.0. The number of carbonyl (C=O) groups excluding carboxylic acids is 1. The van der Waals surface area contributed by atoms with Crippen LogP contribution in [-0.2, 0) is 11.2 Å². The number of rotatable bonds is 6. The summed E-state index contributed by atoms with van der Waals surface area (Å²) in [6.45, 7) is 0. The van der Waals surface area contributed by atoms with Crippen LogP contribution in [0.5, 0.6) is 5.75 Å². The highest BCUT2D eigenvalue weighted by Crippen LogP contribution is 2.25. The lowest BCUT2D eigenvalue weighted by molar-refractivity contribution is -0.116. The van der Waals surface area contributed by atoms with Crippen LogP contribution in [0, 0.1) is 5.82 Å². The average Bonchev–Trinajstić information content (AvgIpc) is 3.09. The zero-order valence-electron chi connectivity index (χ0n) is 13.6. The Balaban J connectivity index is 1.46. The molecule has 3 rings (SSSR count). The smallest absolute Gasteiger partial charge is 0.224 e. The van der Waals surface area contributed by atoms with Crippen LogP contribution in [0.2, 0.25) is 0 Å². The van der Waals surface area contributed by atoms with Crippen molar-refractivity contribution < 1.29 is 13.9 Å². The van der Waals surface area contributed by atoms with Gasteiger partial charge in [0, 0.05) is 12.1 Å². The van der Waals surface area contributed by atoms with E-state index in [0.29, 0.717) is 18.9 Å². The van der Waals surface area contributed by atoms with Crippen molar-refractivity contribution in [1.82, 2.24) is 0 Å². The van der Waals surface area contributed by atoms with E-state index in [4.69, 9.17) is 4.74 Å². The molecule has 1 aliphatic carbocycles. The summed E-state index contributed by atoms with van der Waals surface area (Å²) < 4.78 is 18.8. The third kappa shape index (κ3) is 4.82. The van der Waals surface area contributed by atoms with Crippen molar-refractivity contribution in [2.45, 2.75) is 44.6 Å². The molecule has 3 nitrogen and oxygen atoms in total. The monoisotopic (exact) mass is 327 g/mol. The topological polar surface area (TPSA) is 38.3 Å². The maximum atomic E-state index is 12.8. The lowest BCUT2D eigenvalue weighted by atomic mass is 10.1. The highest BCUT2D eigenvalue weighted by Gasteiger charge is 2.16. The molecule has 0 aromatic heterocycles. The Bertz CT molecular complexity index is 661. The minimum atomic E-state index is -0.261. The molecule has 2 aromatic rings. The number of ether oxygens (including phenoxy) is 1. The third-order valence-electron chi connectivity index (χ3n) is 4.30. The van der Waals surface area contributed by atoms with Crippen LogP contribution in [-0.4, -0.2) is 12.0 Å². The van der Waals surface area contributed by atoms with Crippen molar-refractivity contribution in [3.8, 4) is 5.75 Å². The van der Waals surface area contributed by atoms with E-state index >= 15 is 0 Å². The molecule has 1 N–H and O–H groups in total. The van der Waals surface area contributed by atoms with Crippen LogP contribution < -0.4 is 10.1 Å². The van der Waals surface area contributed by atoms with Crippen LogP contribution >= 0.6 is 0 Å². The number of hydrogen-bond donors (Lipinski definition) is 1. The molecule has 0 bridgehead atoms. The fourth-order valence-corrected chi connectivity index (χ4v) is 2.95. The van der Waals surface area contributed by atoms with E-state index in [1.165, 1.54) is 25.0 Å². The fourth-order valence-electron chi connectivity index (χ4n) is 2.95. The summed E-state index contributed by atoms with van der Waals surface area (Å²) in [6, 6.07) is 13.8. The van der Waals surface area contributed by atoms with Crippen molar-refractivity contribution in [1.29, 1.82) is 0 Å². The number of nitrogens with one attached hydrogen (secondary N) is 1. The predicted molar refractivity (Wildman–Crippen MR) is 92.7 cm³/mol. The summed E-state index contributed by atoms with van der Waals surface area (Å²) in [5.74, 6) is 0.540. The van der Waals surface area contributed by atoms with Gasteiger partial charge in [0.25, 0.3) is 0 Å². The lowest BCUT2D eigenvalue weighted by Gasteiger charge is -2.13.